The topological polar surface area (TPSA) is 52.6 Å². The van der Waals surface area contributed by atoms with Crippen LogP contribution >= 0.6 is 23.2 Å². The molecule has 0 aromatic heterocycles. The van der Waals surface area contributed by atoms with Crippen LogP contribution in [0.5, 0.6) is 0 Å². The van der Waals surface area contributed by atoms with Gasteiger partial charge in [-0.15, -0.1) is 0 Å². The molecule has 1 aromatic rings. The lowest BCUT2D eigenvalue weighted by molar-refractivity contribution is -0.120. The molecule has 0 bridgehead atoms. The number of carbonyl (C=O) groups is 1. The average molecular weight is 331 g/mol. The van der Waals surface area contributed by atoms with Crippen molar-refractivity contribution in [1.29, 1.82) is 0 Å². The van der Waals surface area contributed by atoms with Gasteiger partial charge < -0.3 is 10.4 Å². The summed E-state index contributed by atoms with van der Waals surface area (Å²) in [5.74, 6) is 0.217. The fourth-order valence-corrected chi connectivity index (χ4v) is 2.45. The summed E-state index contributed by atoms with van der Waals surface area (Å²) in [6, 6.07) is 4.56. The van der Waals surface area contributed by atoms with Gasteiger partial charge in [-0.3, -0.25) is 9.69 Å². The summed E-state index contributed by atoms with van der Waals surface area (Å²) in [6.07, 6.45) is 1.79. The minimum atomic E-state index is -0.367. The van der Waals surface area contributed by atoms with Crippen LogP contribution in [0.4, 0.5) is 5.69 Å². The van der Waals surface area contributed by atoms with Crippen molar-refractivity contribution in [3.05, 3.63) is 28.2 Å². The van der Waals surface area contributed by atoms with Crippen molar-refractivity contribution in [3.63, 3.8) is 0 Å². The van der Waals surface area contributed by atoms with E-state index in [0.717, 1.165) is 12.8 Å². The van der Waals surface area contributed by atoms with Gasteiger partial charge in [-0.1, -0.05) is 23.2 Å². The molecule has 116 valence electrons. The van der Waals surface area contributed by atoms with E-state index in [9.17, 15) is 9.90 Å². The highest BCUT2D eigenvalue weighted by Gasteiger charge is 2.31. The molecule has 21 heavy (non-hydrogen) atoms. The van der Waals surface area contributed by atoms with E-state index in [2.05, 4.69) is 5.32 Å². The number of carbonyl (C=O) groups excluding carboxylic acids is 1. The molecule has 0 spiro atoms. The molecule has 6 heteroatoms. The number of hydrogen-bond acceptors (Lipinski definition) is 3. The zero-order valence-electron chi connectivity index (χ0n) is 12.1. The van der Waals surface area contributed by atoms with Crippen LogP contribution in [-0.2, 0) is 4.79 Å². The third kappa shape index (κ3) is 4.58. The Labute approximate surface area is 135 Å². The molecule has 0 aliphatic heterocycles. The highest BCUT2D eigenvalue weighted by molar-refractivity contribution is 6.35. The molecule has 1 saturated carbocycles. The Hall–Kier alpha value is -0.810. The molecule has 1 aliphatic carbocycles. The summed E-state index contributed by atoms with van der Waals surface area (Å²) in [7, 11) is 1.83. The summed E-state index contributed by atoms with van der Waals surface area (Å²) in [4.78, 5) is 14.1. The van der Waals surface area contributed by atoms with Crippen LogP contribution in [0.3, 0.4) is 0 Å². The molecule has 1 aromatic carbocycles. The normalized spacial score (nSPS) is 17.6. The van der Waals surface area contributed by atoms with Crippen molar-refractivity contribution in [1.82, 2.24) is 4.90 Å². The van der Waals surface area contributed by atoms with E-state index in [1.807, 2.05) is 11.9 Å². The van der Waals surface area contributed by atoms with E-state index in [1.165, 1.54) is 0 Å². The van der Waals surface area contributed by atoms with E-state index in [1.54, 1.807) is 25.1 Å². The van der Waals surface area contributed by atoms with Gasteiger partial charge in [0.2, 0.25) is 5.91 Å². The number of aliphatic hydroxyl groups is 1. The van der Waals surface area contributed by atoms with E-state index < -0.39 is 0 Å². The zero-order valence-corrected chi connectivity index (χ0v) is 13.7. The largest absolute Gasteiger partial charge is 0.392 e. The first kappa shape index (κ1) is 16.6. The van der Waals surface area contributed by atoms with Gasteiger partial charge in [0.15, 0.2) is 0 Å². The predicted octanol–water partition coefficient (Wildman–Crippen LogP) is 3.02. The Morgan fingerprint density at radius 1 is 1.48 bits per heavy atom. The number of nitrogens with one attached hydrogen (secondary N) is 1. The quantitative estimate of drug-likeness (QED) is 0.842. The molecule has 4 nitrogen and oxygen atoms in total. The first-order valence-corrected chi connectivity index (χ1v) is 7.78. The molecule has 1 aliphatic rings. The Balaban J connectivity index is 1.93. The maximum Gasteiger partial charge on any atom is 0.241 e. The van der Waals surface area contributed by atoms with Crippen molar-refractivity contribution < 1.29 is 9.90 Å². The molecule has 1 fully saturated rings. The van der Waals surface area contributed by atoms with Crippen LogP contribution in [0.15, 0.2) is 18.2 Å². The van der Waals surface area contributed by atoms with Gasteiger partial charge in [-0.05, 0) is 50.9 Å². The van der Waals surface area contributed by atoms with Gasteiger partial charge >= 0.3 is 0 Å². The van der Waals surface area contributed by atoms with Crippen LogP contribution in [0, 0.1) is 5.92 Å². The molecule has 1 amide bonds. The molecule has 2 unspecified atom stereocenters. The number of nitrogens with zero attached hydrogens (tertiary/aromatic N) is 1. The Kier molecular flexibility index (Phi) is 5.49. The number of hydrogen-bond donors (Lipinski definition) is 2. The van der Waals surface area contributed by atoms with Crippen molar-refractivity contribution in [2.45, 2.75) is 31.9 Å². The van der Waals surface area contributed by atoms with Crippen LogP contribution in [-0.4, -0.2) is 41.7 Å². The lowest BCUT2D eigenvalue weighted by Gasteiger charge is -2.26. The van der Waals surface area contributed by atoms with Gasteiger partial charge in [-0.25, -0.2) is 0 Å². The molecular weight excluding hydrogens is 311 g/mol. The average Bonchev–Trinajstić information content (AvgIpc) is 3.26. The number of likely N-dealkylation sites (N-methyl/N-ethyl adjacent to an activating group) is 1. The van der Waals surface area contributed by atoms with Gasteiger partial charge in [0.1, 0.15) is 0 Å². The first-order chi connectivity index (χ1) is 9.88. The highest BCUT2D eigenvalue weighted by Crippen LogP contribution is 2.33. The van der Waals surface area contributed by atoms with E-state index in [4.69, 9.17) is 23.2 Å². The van der Waals surface area contributed by atoms with Gasteiger partial charge in [0.05, 0.1) is 22.9 Å². The zero-order chi connectivity index (χ0) is 15.6. The van der Waals surface area contributed by atoms with Crippen molar-refractivity contribution in [2.24, 2.45) is 5.92 Å². The molecule has 2 atom stereocenters. The molecule has 0 radical (unpaired) electrons. The highest BCUT2D eigenvalue weighted by atomic mass is 35.5. The number of anilines is 1. The summed E-state index contributed by atoms with van der Waals surface area (Å²) in [6.45, 7) is 2.29. The smallest absolute Gasteiger partial charge is 0.241 e. The van der Waals surface area contributed by atoms with E-state index >= 15 is 0 Å². The molecule has 2 rings (SSSR count). The summed E-state index contributed by atoms with van der Waals surface area (Å²) in [5, 5.41) is 13.7. The van der Waals surface area contributed by atoms with Crippen molar-refractivity contribution >= 4 is 34.8 Å². The minimum absolute atomic E-state index is 0.176. The second-order valence-electron chi connectivity index (χ2n) is 5.63. The Bertz CT molecular complexity index is 520. The van der Waals surface area contributed by atoms with E-state index in [0.29, 0.717) is 28.2 Å². The second-order valence-corrected chi connectivity index (χ2v) is 6.48. The third-order valence-electron chi connectivity index (χ3n) is 3.87. The van der Waals surface area contributed by atoms with Crippen LogP contribution < -0.4 is 5.32 Å². The number of halogens is 2. The SMILES string of the molecule is CC(C(=O)Nc1cc(Cl)ccc1Cl)N(C)CC(O)C1CC1. The molecule has 2 N–H and O–H groups in total. The van der Waals surface area contributed by atoms with Crippen molar-refractivity contribution in [2.75, 3.05) is 18.9 Å². The third-order valence-corrected chi connectivity index (χ3v) is 4.43. The number of benzene rings is 1. The Morgan fingerprint density at radius 2 is 2.14 bits per heavy atom. The standard InChI is InChI=1S/C15H20Cl2N2O2/c1-9(19(2)8-14(20)10-3-4-10)15(21)18-13-7-11(16)5-6-12(13)17/h5-7,9-10,14,20H,3-4,8H2,1-2H3,(H,18,21). The number of rotatable bonds is 6. The fourth-order valence-electron chi connectivity index (χ4n) is 2.11. The fraction of sp³-hybridized carbons (Fsp3) is 0.533. The summed E-state index contributed by atoms with van der Waals surface area (Å²) >= 11 is 11.9. The molecule has 0 heterocycles. The number of aliphatic hydroxyl groups excluding tert-OH is 1. The maximum atomic E-state index is 12.2. The van der Waals surface area contributed by atoms with Gasteiger partial charge in [0.25, 0.3) is 0 Å². The molecular formula is C15H20Cl2N2O2. The van der Waals surface area contributed by atoms with Crippen LogP contribution in [0.2, 0.25) is 10.0 Å². The van der Waals surface area contributed by atoms with Gasteiger partial charge in [0, 0.05) is 11.6 Å². The van der Waals surface area contributed by atoms with Crippen LogP contribution in [0.1, 0.15) is 19.8 Å². The maximum absolute atomic E-state index is 12.2. The lowest BCUT2D eigenvalue weighted by atomic mass is 10.2. The lowest BCUT2D eigenvalue weighted by Crippen LogP contribution is -2.43. The van der Waals surface area contributed by atoms with Gasteiger partial charge in [-0.2, -0.15) is 0 Å². The second kappa shape index (κ2) is 6.97. The minimum Gasteiger partial charge on any atom is -0.392 e. The van der Waals surface area contributed by atoms with Crippen molar-refractivity contribution in [3.8, 4) is 0 Å². The Morgan fingerprint density at radius 3 is 2.76 bits per heavy atom. The van der Waals surface area contributed by atoms with Crippen LogP contribution in [0.25, 0.3) is 0 Å². The first-order valence-electron chi connectivity index (χ1n) is 7.02. The summed E-state index contributed by atoms with van der Waals surface area (Å²) < 4.78 is 0. The summed E-state index contributed by atoms with van der Waals surface area (Å²) in [5.41, 5.74) is 0.497. The molecule has 0 saturated heterocycles. The monoisotopic (exact) mass is 330 g/mol. The number of amides is 1. The predicted molar refractivity (Wildman–Crippen MR) is 85.9 cm³/mol. The van der Waals surface area contributed by atoms with E-state index in [-0.39, 0.29) is 18.1 Å².